The highest BCUT2D eigenvalue weighted by Crippen LogP contribution is 2.44. The lowest BCUT2D eigenvalue weighted by atomic mass is 9.70. The van der Waals surface area contributed by atoms with Crippen molar-refractivity contribution in [2.45, 2.75) is 57.1 Å². The number of nitrogens with one attached hydrogen (secondary N) is 2. The standard InChI is InChI=1S/C36H35F4N3O5/c1-35(2,3)48-34(47)30(32(45)41-19-23-15-10-16-25(29(23)37)36(38,39)40)43-26(18-17-21-11-6-4-7-12-21)28(33(43)46)27-24(20-42-31(27)44)22-13-8-5-9-14-22/h4-18,24,26-28,30H,19-20H2,1-3H3,(H,41,45)(H,42,44)/t24-,26-,27?,28-,30?/m1/s1. The lowest BCUT2D eigenvalue weighted by Crippen LogP contribution is -2.71. The fourth-order valence-electron chi connectivity index (χ4n) is 6.20. The maximum Gasteiger partial charge on any atom is 0.419 e. The minimum absolute atomic E-state index is 0.283. The lowest BCUT2D eigenvalue weighted by Gasteiger charge is -2.51. The van der Waals surface area contributed by atoms with Crippen molar-refractivity contribution < 1.29 is 41.5 Å². The van der Waals surface area contributed by atoms with Crippen LogP contribution >= 0.6 is 0 Å². The fourth-order valence-corrected chi connectivity index (χ4v) is 6.20. The molecule has 8 nitrogen and oxygen atoms in total. The van der Waals surface area contributed by atoms with Crippen LogP contribution in [0.4, 0.5) is 17.6 Å². The molecule has 5 rings (SSSR count). The molecule has 0 aromatic heterocycles. The molecule has 2 N–H and O–H groups in total. The minimum Gasteiger partial charge on any atom is -0.458 e. The summed E-state index contributed by atoms with van der Waals surface area (Å²) in [5.41, 5.74) is -1.47. The number of β-lactam (4-membered cyclic amide) rings is 1. The molecule has 2 fully saturated rings. The number of hydrogen-bond donors (Lipinski definition) is 2. The molecular formula is C36H35F4N3O5. The Labute approximate surface area is 275 Å². The van der Waals surface area contributed by atoms with Crippen LogP contribution in [-0.4, -0.2) is 52.8 Å². The van der Waals surface area contributed by atoms with Gasteiger partial charge in [-0.05, 0) is 38.0 Å². The van der Waals surface area contributed by atoms with E-state index in [-0.39, 0.29) is 18.4 Å². The van der Waals surface area contributed by atoms with Crippen molar-refractivity contribution in [2.24, 2.45) is 11.8 Å². The molecule has 48 heavy (non-hydrogen) atoms. The topological polar surface area (TPSA) is 105 Å². The number of esters is 1. The van der Waals surface area contributed by atoms with Crippen LogP contribution in [0, 0.1) is 17.7 Å². The predicted octanol–water partition coefficient (Wildman–Crippen LogP) is 5.24. The van der Waals surface area contributed by atoms with Gasteiger partial charge in [0.25, 0.3) is 5.91 Å². The van der Waals surface area contributed by atoms with Gasteiger partial charge in [0.2, 0.25) is 17.9 Å². The Bertz CT molecular complexity index is 1710. The quantitative estimate of drug-likeness (QED) is 0.141. The summed E-state index contributed by atoms with van der Waals surface area (Å²) < 4.78 is 60.3. The van der Waals surface area contributed by atoms with Crippen molar-refractivity contribution in [2.75, 3.05) is 6.54 Å². The van der Waals surface area contributed by atoms with E-state index in [1.807, 2.05) is 48.5 Å². The highest BCUT2D eigenvalue weighted by molar-refractivity contribution is 6.08. The molecule has 12 heteroatoms. The second kappa shape index (κ2) is 13.6. The third kappa shape index (κ3) is 7.27. The van der Waals surface area contributed by atoms with Gasteiger partial charge in [-0.2, -0.15) is 13.2 Å². The lowest BCUT2D eigenvalue weighted by molar-refractivity contribution is -0.181. The summed E-state index contributed by atoms with van der Waals surface area (Å²) in [4.78, 5) is 55.8. The van der Waals surface area contributed by atoms with Gasteiger partial charge in [-0.1, -0.05) is 84.9 Å². The van der Waals surface area contributed by atoms with E-state index in [2.05, 4.69) is 10.6 Å². The van der Waals surface area contributed by atoms with E-state index in [9.17, 15) is 36.7 Å². The molecule has 3 amide bonds. The van der Waals surface area contributed by atoms with E-state index in [4.69, 9.17) is 4.74 Å². The van der Waals surface area contributed by atoms with Crippen LogP contribution in [0.5, 0.6) is 0 Å². The van der Waals surface area contributed by atoms with E-state index in [0.717, 1.165) is 28.2 Å². The molecule has 5 atom stereocenters. The number of benzene rings is 3. The summed E-state index contributed by atoms with van der Waals surface area (Å²) in [5, 5.41) is 5.17. The van der Waals surface area contributed by atoms with Crippen molar-refractivity contribution in [3.63, 3.8) is 0 Å². The Hall–Kier alpha value is -5.00. The molecule has 252 valence electrons. The van der Waals surface area contributed by atoms with Crippen LogP contribution in [0.15, 0.2) is 84.9 Å². The normalized spacial score (nSPS) is 21.9. The van der Waals surface area contributed by atoms with Crippen molar-refractivity contribution >= 4 is 29.8 Å². The number of ether oxygens (including phenoxy) is 1. The van der Waals surface area contributed by atoms with Crippen molar-refractivity contribution in [1.29, 1.82) is 0 Å². The van der Waals surface area contributed by atoms with Gasteiger partial charge >= 0.3 is 12.1 Å². The first-order valence-corrected chi connectivity index (χ1v) is 15.4. The molecular weight excluding hydrogens is 630 g/mol. The molecule has 2 unspecified atom stereocenters. The van der Waals surface area contributed by atoms with Gasteiger partial charge in [-0.3, -0.25) is 14.4 Å². The minimum atomic E-state index is -4.97. The molecule has 0 aliphatic carbocycles. The van der Waals surface area contributed by atoms with Crippen LogP contribution < -0.4 is 10.6 Å². The number of carbonyl (C=O) groups is 4. The third-order valence-electron chi connectivity index (χ3n) is 8.35. The number of hydrogen-bond acceptors (Lipinski definition) is 5. The van der Waals surface area contributed by atoms with Gasteiger partial charge in [0, 0.05) is 24.6 Å². The van der Waals surface area contributed by atoms with E-state index in [0.29, 0.717) is 6.07 Å². The molecule has 2 heterocycles. The molecule has 0 radical (unpaired) electrons. The first kappa shape index (κ1) is 34.3. The largest absolute Gasteiger partial charge is 0.458 e. The smallest absolute Gasteiger partial charge is 0.419 e. The molecule has 3 aromatic rings. The summed E-state index contributed by atoms with van der Waals surface area (Å²) in [6.45, 7) is 4.28. The summed E-state index contributed by atoms with van der Waals surface area (Å²) in [6, 6.07) is 18.1. The second-order valence-electron chi connectivity index (χ2n) is 12.8. The van der Waals surface area contributed by atoms with Crippen LogP contribution in [0.3, 0.4) is 0 Å². The van der Waals surface area contributed by atoms with Crippen molar-refractivity contribution in [1.82, 2.24) is 15.5 Å². The van der Waals surface area contributed by atoms with E-state index >= 15 is 0 Å². The predicted molar refractivity (Wildman–Crippen MR) is 168 cm³/mol. The summed E-state index contributed by atoms with van der Waals surface area (Å²) in [7, 11) is 0. The van der Waals surface area contributed by atoms with Gasteiger partial charge in [-0.15, -0.1) is 0 Å². The van der Waals surface area contributed by atoms with Crippen LogP contribution in [-0.2, 0) is 36.6 Å². The molecule has 2 aliphatic heterocycles. The van der Waals surface area contributed by atoms with Crippen LogP contribution in [0.2, 0.25) is 0 Å². The van der Waals surface area contributed by atoms with Gasteiger partial charge in [-0.25, -0.2) is 9.18 Å². The van der Waals surface area contributed by atoms with Gasteiger partial charge in [0.05, 0.1) is 23.4 Å². The molecule has 0 spiro atoms. The first-order valence-electron chi connectivity index (χ1n) is 15.4. The van der Waals surface area contributed by atoms with Gasteiger partial charge in [0.15, 0.2) is 0 Å². The highest BCUT2D eigenvalue weighted by atomic mass is 19.4. The Morgan fingerprint density at radius 3 is 2.23 bits per heavy atom. The van der Waals surface area contributed by atoms with E-state index in [1.165, 1.54) is 0 Å². The molecule has 2 aliphatic rings. The Morgan fingerprint density at radius 2 is 1.60 bits per heavy atom. The summed E-state index contributed by atoms with van der Waals surface area (Å²) in [6.07, 6.45) is -1.61. The molecule has 3 aromatic carbocycles. The summed E-state index contributed by atoms with van der Waals surface area (Å²) >= 11 is 0. The monoisotopic (exact) mass is 665 g/mol. The zero-order valence-electron chi connectivity index (χ0n) is 26.5. The molecule has 2 saturated heterocycles. The summed E-state index contributed by atoms with van der Waals surface area (Å²) in [5.74, 6) is -6.91. The van der Waals surface area contributed by atoms with Crippen LogP contribution in [0.1, 0.15) is 48.9 Å². The number of alkyl halides is 3. The van der Waals surface area contributed by atoms with Crippen LogP contribution in [0.25, 0.3) is 6.08 Å². The van der Waals surface area contributed by atoms with Crippen molar-refractivity contribution in [3.05, 3.63) is 113 Å². The highest BCUT2D eigenvalue weighted by Gasteiger charge is 2.60. The zero-order valence-corrected chi connectivity index (χ0v) is 26.5. The van der Waals surface area contributed by atoms with Crippen molar-refractivity contribution in [3.8, 4) is 0 Å². The zero-order chi connectivity index (χ0) is 34.8. The number of rotatable bonds is 9. The van der Waals surface area contributed by atoms with E-state index < -0.39 is 77.0 Å². The number of carbonyl (C=O) groups excluding carboxylic acids is 4. The van der Waals surface area contributed by atoms with Gasteiger partial charge in [0.1, 0.15) is 11.4 Å². The Morgan fingerprint density at radius 1 is 0.958 bits per heavy atom. The Kier molecular flexibility index (Phi) is 9.74. The van der Waals surface area contributed by atoms with Gasteiger partial charge < -0.3 is 20.3 Å². The average Bonchev–Trinajstić information content (AvgIpc) is 3.40. The molecule has 0 bridgehead atoms. The van der Waals surface area contributed by atoms with E-state index in [1.54, 1.807) is 45.1 Å². The number of nitrogens with zero attached hydrogens (tertiary/aromatic N) is 1. The fraction of sp³-hybridized carbons (Fsp3) is 0.333. The SMILES string of the molecule is CC(C)(C)OC(=O)C(C(=O)NCc1cccc(C(F)(F)F)c1F)N1C(=O)[C@@H](C2C(=O)NC[C@@H]2c2ccccc2)[C@H]1C=Cc1ccccc1. The molecule has 0 saturated carbocycles. The maximum atomic E-state index is 14.8. The third-order valence-corrected chi connectivity index (χ3v) is 8.35. The number of halogens is 4. The average molecular weight is 666 g/mol. The second-order valence-corrected chi connectivity index (χ2v) is 12.8. The number of amides is 3. The number of likely N-dealkylation sites (tertiary alicyclic amines) is 1. The Balaban J connectivity index is 1.51. The maximum absolute atomic E-state index is 14.8. The first-order chi connectivity index (χ1) is 22.7.